The first-order valence-electron chi connectivity index (χ1n) is 9.12. The minimum Gasteiger partial charge on any atom is -0.396 e. The van der Waals surface area contributed by atoms with Crippen LogP contribution in [0.5, 0.6) is 0 Å². The van der Waals surface area contributed by atoms with Crippen LogP contribution in [0.2, 0.25) is 10.0 Å². The number of nitrogens with one attached hydrogen (secondary N) is 1. The van der Waals surface area contributed by atoms with Crippen LogP contribution in [0.3, 0.4) is 0 Å². The summed E-state index contributed by atoms with van der Waals surface area (Å²) < 4.78 is 1.83. The minimum atomic E-state index is -0.215. The molecule has 3 aromatic rings. The zero-order valence-corrected chi connectivity index (χ0v) is 16.9. The van der Waals surface area contributed by atoms with Crippen molar-refractivity contribution < 1.29 is 5.11 Å². The van der Waals surface area contributed by atoms with Gasteiger partial charge in [-0.3, -0.25) is 0 Å². The highest BCUT2D eigenvalue weighted by atomic mass is 35.5. The molecule has 0 spiro atoms. The highest BCUT2D eigenvalue weighted by molar-refractivity contribution is 6.35. The molecule has 1 atom stereocenters. The topological polar surface area (TPSA) is 63.0 Å². The monoisotopic (exact) mass is 414 g/mol. The van der Waals surface area contributed by atoms with Gasteiger partial charge in [0.05, 0.1) is 0 Å². The fraction of sp³-hybridized carbons (Fsp3) is 0.238. The van der Waals surface area contributed by atoms with Crippen LogP contribution in [0.15, 0.2) is 48.5 Å². The number of aliphatic hydroxyl groups is 1. The van der Waals surface area contributed by atoms with Crippen molar-refractivity contribution >= 4 is 34.8 Å². The molecule has 0 saturated carbocycles. The van der Waals surface area contributed by atoms with Gasteiger partial charge in [0.1, 0.15) is 6.04 Å². The second-order valence-corrected chi connectivity index (χ2v) is 7.65. The van der Waals surface area contributed by atoms with E-state index in [2.05, 4.69) is 52.7 Å². The number of aryl methyl sites for hydroxylation is 2. The summed E-state index contributed by atoms with van der Waals surface area (Å²) in [7, 11) is 0. The molecule has 28 heavy (non-hydrogen) atoms. The average molecular weight is 415 g/mol. The number of rotatable bonds is 5. The molecular weight excluding hydrogens is 395 g/mol. The Morgan fingerprint density at radius 1 is 1.14 bits per heavy atom. The van der Waals surface area contributed by atoms with Crippen molar-refractivity contribution in [3.63, 3.8) is 0 Å². The van der Waals surface area contributed by atoms with Gasteiger partial charge in [0.15, 0.2) is 5.82 Å². The van der Waals surface area contributed by atoms with Gasteiger partial charge in [0.25, 0.3) is 0 Å². The number of anilines is 1. The smallest absolute Gasteiger partial charge is 0.226 e. The molecule has 2 N–H and O–H groups in total. The van der Waals surface area contributed by atoms with Crippen LogP contribution in [-0.2, 0) is 6.42 Å². The second-order valence-electron chi connectivity index (χ2n) is 6.81. The number of allylic oxidation sites excluding steroid dienone is 1. The number of aliphatic hydroxyl groups excluding tert-OH is 1. The van der Waals surface area contributed by atoms with Crippen molar-refractivity contribution in [2.75, 3.05) is 11.9 Å². The van der Waals surface area contributed by atoms with Crippen LogP contribution in [-0.4, -0.2) is 26.5 Å². The Kier molecular flexibility index (Phi) is 5.40. The van der Waals surface area contributed by atoms with Gasteiger partial charge in [-0.15, -0.1) is 0 Å². The molecule has 5 nitrogen and oxygen atoms in total. The summed E-state index contributed by atoms with van der Waals surface area (Å²) in [6, 6.07) is 13.6. The molecular formula is C21H20Cl2N4O. The molecule has 1 aliphatic heterocycles. The van der Waals surface area contributed by atoms with Gasteiger partial charge >= 0.3 is 0 Å². The Morgan fingerprint density at radius 2 is 1.93 bits per heavy atom. The molecule has 0 saturated heterocycles. The Hall–Kier alpha value is -2.34. The highest BCUT2D eigenvalue weighted by Crippen LogP contribution is 2.36. The molecule has 4 rings (SSSR count). The molecule has 0 radical (unpaired) electrons. The summed E-state index contributed by atoms with van der Waals surface area (Å²) in [5.41, 5.74) is 4.11. The lowest BCUT2D eigenvalue weighted by Gasteiger charge is -2.25. The molecule has 1 unspecified atom stereocenters. The number of halogens is 2. The summed E-state index contributed by atoms with van der Waals surface area (Å²) in [5, 5.41) is 18.3. The van der Waals surface area contributed by atoms with Crippen LogP contribution < -0.4 is 5.32 Å². The third kappa shape index (κ3) is 3.78. The molecule has 144 valence electrons. The summed E-state index contributed by atoms with van der Waals surface area (Å²) in [5.74, 6) is 1.34. The average Bonchev–Trinajstić information content (AvgIpc) is 3.09. The molecule has 1 aliphatic rings. The van der Waals surface area contributed by atoms with E-state index in [1.807, 2.05) is 16.8 Å². The minimum absolute atomic E-state index is 0.108. The Bertz CT molecular complexity index is 1030. The van der Waals surface area contributed by atoms with E-state index in [1.165, 1.54) is 5.56 Å². The van der Waals surface area contributed by atoms with Crippen molar-refractivity contribution in [2.24, 2.45) is 0 Å². The van der Waals surface area contributed by atoms with Crippen molar-refractivity contribution in [1.82, 2.24) is 14.8 Å². The number of fused-ring (bicyclic) bond motifs is 1. The van der Waals surface area contributed by atoms with E-state index in [9.17, 15) is 0 Å². The normalized spacial score (nSPS) is 15.7. The molecule has 0 aliphatic carbocycles. The lowest BCUT2D eigenvalue weighted by atomic mass is 10.0. The Balaban J connectivity index is 1.80. The molecule has 0 amide bonds. The molecule has 7 heteroatoms. The van der Waals surface area contributed by atoms with Gasteiger partial charge < -0.3 is 10.4 Å². The van der Waals surface area contributed by atoms with Gasteiger partial charge in [-0.25, -0.2) is 4.68 Å². The standard InChI is InChI=1S/C21H20Cl2N4O/c1-13-4-6-14(7-5-13)18-12-19(16-9-8-15(22)11-17(16)23)27-21(24-18)25-20(26-27)3-2-10-28/h4-9,11-12,19,28H,2-3,10H2,1H3,(H,24,25,26). The fourth-order valence-electron chi connectivity index (χ4n) is 3.24. The molecule has 1 aromatic heterocycles. The van der Waals surface area contributed by atoms with Crippen LogP contribution in [0.4, 0.5) is 5.95 Å². The van der Waals surface area contributed by atoms with Gasteiger partial charge in [-0.1, -0.05) is 59.1 Å². The first-order chi connectivity index (χ1) is 13.5. The number of hydrogen-bond acceptors (Lipinski definition) is 4. The van der Waals surface area contributed by atoms with Crippen molar-refractivity contribution in [3.8, 4) is 0 Å². The van der Waals surface area contributed by atoms with Crippen molar-refractivity contribution in [3.05, 3.63) is 81.1 Å². The zero-order valence-electron chi connectivity index (χ0n) is 15.4. The maximum atomic E-state index is 9.12. The number of hydrogen-bond donors (Lipinski definition) is 2. The van der Waals surface area contributed by atoms with Crippen LogP contribution in [0, 0.1) is 6.92 Å². The molecule has 0 bridgehead atoms. The first kappa shape index (κ1) is 19.0. The zero-order chi connectivity index (χ0) is 19.7. The van der Waals surface area contributed by atoms with Crippen molar-refractivity contribution in [1.29, 1.82) is 0 Å². The fourth-order valence-corrected chi connectivity index (χ4v) is 3.77. The van der Waals surface area contributed by atoms with E-state index in [0.717, 1.165) is 16.8 Å². The Morgan fingerprint density at radius 3 is 2.64 bits per heavy atom. The van der Waals surface area contributed by atoms with Crippen LogP contribution in [0.25, 0.3) is 5.70 Å². The Labute approximate surface area is 173 Å². The van der Waals surface area contributed by atoms with Crippen LogP contribution >= 0.6 is 23.2 Å². The summed E-state index contributed by atoms with van der Waals surface area (Å²) in [6.45, 7) is 2.17. The van der Waals surface area contributed by atoms with E-state index in [4.69, 9.17) is 28.3 Å². The van der Waals surface area contributed by atoms with E-state index in [-0.39, 0.29) is 12.6 Å². The lowest BCUT2D eigenvalue weighted by Crippen LogP contribution is -2.20. The molecule has 0 fully saturated rings. The SMILES string of the molecule is Cc1ccc(C2=CC(c3ccc(Cl)cc3Cl)n3nc(CCCO)nc3N2)cc1. The number of aromatic nitrogens is 3. The maximum Gasteiger partial charge on any atom is 0.226 e. The maximum absolute atomic E-state index is 9.12. The first-order valence-corrected chi connectivity index (χ1v) is 9.88. The van der Waals surface area contributed by atoms with E-state index in [0.29, 0.717) is 34.7 Å². The predicted octanol–water partition coefficient (Wildman–Crippen LogP) is 4.87. The van der Waals surface area contributed by atoms with Gasteiger partial charge in [-0.05, 0) is 42.7 Å². The van der Waals surface area contributed by atoms with E-state index >= 15 is 0 Å². The van der Waals surface area contributed by atoms with Gasteiger partial charge in [-0.2, -0.15) is 10.1 Å². The number of nitrogens with zero attached hydrogens (tertiary/aromatic N) is 3. The lowest BCUT2D eigenvalue weighted by molar-refractivity contribution is 0.287. The third-order valence-electron chi connectivity index (χ3n) is 4.71. The third-order valence-corrected chi connectivity index (χ3v) is 5.27. The van der Waals surface area contributed by atoms with E-state index in [1.54, 1.807) is 6.07 Å². The van der Waals surface area contributed by atoms with E-state index < -0.39 is 0 Å². The molecule has 2 heterocycles. The highest BCUT2D eigenvalue weighted by Gasteiger charge is 2.26. The largest absolute Gasteiger partial charge is 0.396 e. The molecule has 2 aromatic carbocycles. The second kappa shape index (κ2) is 7.95. The van der Waals surface area contributed by atoms with Gasteiger partial charge in [0.2, 0.25) is 5.95 Å². The van der Waals surface area contributed by atoms with Crippen LogP contribution in [0.1, 0.15) is 35.0 Å². The van der Waals surface area contributed by atoms with Gasteiger partial charge in [0, 0.05) is 28.8 Å². The summed E-state index contributed by atoms with van der Waals surface area (Å²) in [6.07, 6.45) is 3.32. The predicted molar refractivity (Wildman–Crippen MR) is 113 cm³/mol. The summed E-state index contributed by atoms with van der Waals surface area (Å²) in [4.78, 5) is 4.62. The number of benzene rings is 2. The quantitative estimate of drug-likeness (QED) is 0.624. The summed E-state index contributed by atoms with van der Waals surface area (Å²) >= 11 is 12.6. The van der Waals surface area contributed by atoms with Crippen molar-refractivity contribution in [2.45, 2.75) is 25.8 Å².